The third kappa shape index (κ3) is 3.16. The second-order valence-corrected chi connectivity index (χ2v) is 5.10. The number of aromatic nitrogens is 1. The van der Waals surface area contributed by atoms with Gasteiger partial charge in [0.1, 0.15) is 16.1 Å². The van der Waals surface area contributed by atoms with Crippen LogP contribution in [0.2, 0.25) is 5.15 Å². The number of halogens is 1. The molecule has 1 unspecified atom stereocenters. The molecule has 0 saturated heterocycles. The molecular weight excluding hydrogens is 256 g/mol. The fourth-order valence-electron chi connectivity index (χ4n) is 0.872. The number of hydrogen-bond acceptors (Lipinski definition) is 4. The largest absolute Gasteiger partial charge is 0.480 e. The molecule has 1 aromatic heterocycles. The molecule has 0 spiro atoms. The molecule has 0 aliphatic rings. The highest BCUT2D eigenvalue weighted by molar-refractivity contribution is 7.89. The van der Waals surface area contributed by atoms with Crippen molar-refractivity contribution in [2.24, 2.45) is 0 Å². The topological polar surface area (TPSA) is 96.4 Å². The summed E-state index contributed by atoms with van der Waals surface area (Å²) in [5, 5.41) is 8.73. The summed E-state index contributed by atoms with van der Waals surface area (Å²) in [6.45, 7) is 1.23. The zero-order chi connectivity index (χ0) is 12.3. The van der Waals surface area contributed by atoms with Gasteiger partial charge in [-0.2, -0.15) is 4.72 Å². The van der Waals surface area contributed by atoms with Crippen LogP contribution in [-0.4, -0.2) is 30.5 Å². The van der Waals surface area contributed by atoms with Gasteiger partial charge in [0, 0.05) is 6.20 Å². The van der Waals surface area contributed by atoms with E-state index in [1.807, 2.05) is 4.72 Å². The zero-order valence-corrected chi connectivity index (χ0v) is 9.79. The number of nitrogens with one attached hydrogen (secondary N) is 1. The van der Waals surface area contributed by atoms with E-state index in [0.29, 0.717) is 0 Å². The minimum absolute atomic E-state index is 0.134. The predicted molar refractivity (Wildman–Crippen MR) is 56.7 cm³/mol. The summed E-state index contributed by atoms with van der Waals surface area (Å²) in [6, 6.07) is 1.34. The lowest BCUT2D eigenvalue weighted by atomic mass is 10.4. The van der Waals surface area contributed by atoms with Crippen molar-refractivity contribution in [3.8, 4) is 0 Å². The van der Waals surface area contributed by atoms with Crippen molar-refractivity contribution >= 4 is 27.6 Å². The van der Waals surface area contributed by atoms with E-state index in [0.717, 1.165) is 6.20 Å². The SMILES string of the molecule is CC(NS(=O)(=O)c1ccc(Cl)nc1)C(=O)O. The fraction of sp³-hybridized carbons (Fsp3) is 0.250. The van der Waals surface area contributed by atoms with Gasteiger partial charge in [0.2, 0.25) is 10.0 Å². The molecular formula is C8H9ClN2O4S. The summed E-state index contributed by atoms with van der Waals surface area (Å²) >= 11 is 5.50. The standard InChI is InChI=1S/C8H9ClN2O4S/c1-5(8(12)13)11-16(14,15)6-2-3-7(9)10-4-6/h2-5,11H,1H3,(H,12,13). The van der Waals surface area contributed by atoms with Crippen LogP contribution in [0, 0.1) is 0 Å². The minimum Gasteiger partial charge on any atom is -0.480 e. The van der Waals surface area contributed by atoms with Crippen LogP contribution in [0.25, 0.3) is 0 Å². The number of rotatable bonds is 4. The second-order valence-electron chi connectivity index (χ2n) is 3.00. The molecule has 0 aliphatic heterocycles. The molecule has 16 heavy (non-hydrogen) atoms. The quantitative estimate of drug-likeness (QED) is 0.772. The number of carboxylic acid groups (broad SMARTS) is 1. The average molecular weight is 265 g/mol. The van der Waals surface area contributed by atoms with Crippen LogP contribution in [0.15, 0.2) is 23.2 Å². The molecule has 1 atom stereocenters. The Morgan fingerprint density at radius 2 is 2.19 bits per heavy atom. The molecule has 88 valence electrons. The molecule has 0 amide bonds. The molecule has 0 saturated carbocycles. The Morgan fingerprint density at radius 3 is 2.62 bits per heavy atom. The Labute approximate surface area is 97.3 Å². The number of hydrogen-bond donors (Lipinski definition) is 2. The minimum atomic E-state index is -3.87. The number of pyridine rings is 1. The lowest BCUT2D eigenvalue weighted by Crippen LogP contribution is -2.38. The van der Waals surface area contributed by atoms with Gasteiger partial charge >= 0.3 is 5.97 Å². The monoisotopic (exact) mass is 264 g/mol. The van der Waals surface area contributed by atoms with E-state index in [1.54, 1.807) is 0 Å². The van der Waals surface area contributed by atoms with Gasteiger partial charge in [0.05, 0.1) is 0 Å². The zero-order valence-electron chi connectivity index (χ0n) is 8.21. The maximum absolute atomic E-state index is 11.6. The molecule has 0 fully saturated rings. The summed E-state index contributed by atoms with van der Waals surface area (Å²) in [5.74, 6) is -1.26. The summed E-state index contributed by atoms with van der Waals surface area (Å²) in [5.41, 5.74) is 0. The van der Waals surface area contributed by atoms with Crippen LogP contribution in [-0.2, 0) is 14.8 Å². The molecule has 0 aromatic carbocycles. The molecule has 1 heterocycles. The Morgan fingerprint density at radius 1 is 1.56 bits per heavy atom. The second kappa shape index (κ2) is 4.77. The van der Waals surface area contributed by atoms with Gasteiger partial charge in [0.25, 0.3) is 0 Å². The fourth-order valence-corrected chi connectivity index (χ4v) is 2.13. The lowest BCUT2D eigenvalue weighted by Gasteiger charge is -2.09. The van der Waals surface area contributed by atoms with E-state index in [-0.39, 0.29) is 10.0 Å². The molecule has 1 aromatic rings. The van der Waals surface area contributed by atoms with Crippen molar-refractivity contribution in [1.29, 1.82) is 0 Å². The van der Waals surface area contributed by atoms with Crippen molar-refractivity contribution in [3.63, 3.8) is 0 Å². The van der Waals surface area contributed by atoms with Gasteiger partial charge in [-0.1, -0.05) is 11.6 Å². The Balaban J connectivity index is 2.94. The first-order valence-corrected chi connectivity index (χ1v) is 6.06. The van der Waals surface area contributed by atoms with Crippen molar-refractivity contribution in [2.75, 3.05) is 0 Å². The van der Waals surface area contributed by atoms with Gasteiger partial charge < -0.3 is 5.11 Å². The number of carboxylic acids is 1. The molecule has 0 radical (unpaired) electrons. The number of nitrogens with zero attached hydrogens (tertiary/aromatic N) is 1. The number of aliphatic carboxylic acids is 1. The van der Waals surface area contributed by atoms with Gasteiger partial charge in [-0.3, -0.25) is 4.79 Å². The van der Waals surface area contributed by atoms with Crippen molar-refractivity contribution in [3.05, 3.63) is 23.5 Å². The van der Waals surface area contributed by atoms with Crippen molar-refractivity contribution in [2.45, 2.75) is 17.9 Å². The predicted octanol–water partition coefficient (Wildman–Crippen LogP) is 0.486. The maximum atomic E-state index is 11.6. The van der Waals surface area contributed by atoms with Crippen LogP contribution in [0.3, 0.4) is 0 Å². The molecule has 0 bridgehead atoms. The molecule has 1 rings (SSSR count). The molecule has 2 N–H and O–H groups in total. The normalized spacial score (nSPS) is 13.4. The van der Waals surface area contributed by atoms with E-state index >= 15 is 0 Å². The summed E-state index contributed by atoms with van der Waals surface area (Å²) in [7, 11) is -3.87. The van der Waals surface area contributed by atoms with Gasteiger partial charge in [0.15, 0.2) is 0 Å². The molecule has 6 nitrogen and oxygen atoms in total. The maximum Gasteiger partial charge on any atom is 0.321 e. The van der Waals surface area contributed by atoms with Gasteiger partial charge in [-0.25, -0.2) is 13.4 Å². The molecule has 0 aliphatic carbocycles. The van der Waals surface area contributed by atoms with Crippen LogP contribution >= 0.6 is 11.6 Å². The van der Waals surface area contributed by atoms with Crippen molar-refractivity contribution < 1.29 is 18.3 Å². The Kier molecular flexibility index (Phi) is 3.84. The smallest absolute Gasteiger partial charge is 0.321 e. The van der Waals surface area contributed by atoms with Gasteiger partial charge in [-0.05, 0) is 19.1 Å². The lowest BCUT2D eigenvalue weighted by molar-refractivity contribution is -0.138. The highest BCUT2D eigenvalue weighted by Crippen LogP contribution is 2.10. The third-order valence-corrected chi connectivity index (χ3v) is 3.46. The van der Waals surface area contributed by atoms with E-state index in [1.165, 1.54) is 19.1 Å². The van der Waals surface area contributed by atoms with Crippen LogP contribution in [0.4, 0.5) is 0 Å². The Hall–Kier alpha value is -1.18. The highest BCUT2D eigenvalue weighted by Gasteiger charge is 2.21. The number of carbonyl (C=O) groups is 1. The first-order chi connectivity index (χ1) is 7.33. The number of sulfonamides is 1. The summed E-state index contributed by atoms with van der Waals surface area (Å²) < 4.78 is 25.2. The van der Waals surface area contributed by atoms with Crippen LogP contribution in [0.1, 0.15) is 6.92 Å². The summed E-state index contributed by atoms with van der Waals surface area (Å²) in [6.07, 6.45) is 1.05. The van der Waals surface area contributed by atoms with E-state index < -0.39 is 22.0 Å². The van der Waals surface area contributed by atoms with Crippen molar-refractivity contribution in [1.82, 2.24) is 9.71 Å². The highest BCUT2D eigenvalue weighted by atomic mass is 35.5. The van der Waals surface area contributed by atoms with Gasteiger partial charge in [-0.15, -0.1) is 0 Å². The average Bonchev–Trinajstić information content (AvgIpc) is 2.17. The Bertz CT molecular complexity index is 485. The first kappa shape index (κ1) is 12.9. The summed E-state index contributed by atoms with van der Waals surface area (Å²) in [4.78, 5) is 14.0. The third-order valence-electron chi connectivity index (χ3n) is 1.71. The molecule has 8 heteroatoms. The van der Waals surface area contributed by atoms with E-state index in [9.17, 15) is 13.2 Å². The van der Waals surface area contributed by atoms with E-state index in [4.69, 9.17) is 16.7 Å². The van der Waals surface area contributed by atoms with Crippen LogP contribution in [0.5, 0.6) is 0 Å². The van der Waals surface area contributed by atoms with E-state index in [2.05, 4.69) is 4.98 Å². The van der Waals surface area contributed by atoms with Crippen LogP contribution < -0.4 is 4.72 Å². The first-order valence-electron chi connectivity index (χ1n) is 4.19.